The molecular weight excluding hydrogens is 378 g/mol. The van der Waals surface area contributed by atoms with E-state index in [1.165, 1.54) is 4.68 Å². The van der Waals surface area contributed by atoms with Crippen molar-refractivity contribution in [3.8, 4) is 11.4 Å². The SMILES string of the molecule is COc1ccc(-[n+]2[nH]oc(=O)c2SC(C)C(=O)Nc2cc(C)cc(C)c2)cc1. The molecule has 28 heavy (non-hydrogen) atoms. The number of H-pyrrole nitrogens is 1. The molecule has 8 heteroatoms. The molecule has 2 N–H and O–H groups in total. The van der Waals surface area contributed by atoms with Crippen LogP contribution in [0.5, 0.6) is 5.75 Å². The van der Waals surface area contributed by atoms with Gasteiger partial charge in [0.25, 0.3) is 0 Å². The number of aromatic amines is 1. The van der Waals surface area contributed by atoms with Crippen LogP contribution in [-0.2, 0) is 4.79 Å². The molecular formula is C20H22N3O4S+. The lowest BCUT2D eigenvalue weighted by atomic mass is 10.1. The highest BCUT2D eigenvalue weighted by Crippen LogP contribution is 2.21. The molecule has 7 nitrogen and oxygen atoms in total. The number of benzene rings is 2. The number of carbonyl (C=O) groups is 1. The maximum Gasteiger partial charge on any atom is 0.442 e. The standard InChI is InChI=1S/C20H21N3O4S/c1-12-9-13(2)11-15(10-12)21-18(24)14(3)28-19-20(25)27-22-23(19)16-5-7-17(26-4)8-6-16/h5-11,14H,1-4H3,(H-,21,22,24,25)/p+1. The Bertz CT molecular complexity index is 1020. The van der Waals surface area contributed by atoms with Crippen molar-refractivity contribution in [3.63, 3.8) is 0 Å². The predicted octanol–water partition coefficient (Wildman–Crippen LogP) is 2.99. The van der Waals surface area contributed by atoms with Gasteiger partial charge < -0.3 is 10.1 Å². The summed E-state index contributed by atoms with van der Waals surface area (Å²) in [4.78, 5) is 24.7. The number of aryl methyl sites for hydroxylation is 2. The number of aromatic nitrogens is 2. The number of hydrogen-bond acceptors (Lipinski definition) is 5. The average molecular weight is 400 g/mol. The van der Waals surface area contributed by atoms with Crippen LogP contribution in [-0.4, -0.2) is 23.5 Å². The molecule has 3 rings (SSSR count). The van der Waals surface area contributed by atoms with E-state index in [2.05, 4.69) is 10.6 Å². The molecule has 0 bridgehead atoms. The maximum atomic E-state index is 12.6. The molecule has 3 aromatic rings. The number of anilines is 1. The molecule has 0 spiro atoms. The van der Waals surface area contributed by atoms with Crippen molar-refractivity contribution in [1.29, 1.82) is 0 Å². The van der Waals surface area contributed by atoms with Crippen LogP contribution in [0.4, 0.5) is 5.69 Å². The third-order valence-electron chi connectivity index (χ3n) is 4.08. The highest BCUT2D eigenvalue weighted by Gasteiger charge is 2.29. The van der Waals surface area contributed by atoms with Gasteiger partial charge in [0.2, 0.25) is 11.6 Å². The van der Waals surface area contributed by atoms with Gasteiger partial charge in [0.1, 0.15) is 5.75 Å². The smallest absolute Gasteiger partial charge is 0.442 e. The lowest BCUT2D eigenvalue weighted by Crippen LogP contribution is -2.37. The number of thioether (sulfide) groups is 1. The number of nitrogens with zero attached hydrogens (tertiary/aromatic N) is 1. The first-order valence-corrected chi connectivity index (χ1v) is 9.59. The number of ether oxygens (including phenoxy) is 1. The van der Waals surface area contributed by atoms with Crippen molar-refractivity contribution in [2.24, 2.45) is 0 Å². The van der Waals surface area contributed by atoms with Gasteiger partial charge in [-0.2, -0.15) is 0 Å². The molecule has 1 aromatic heterocycles. The Hall–Kier alpha value is -3.00. The zero-order valence-electron chi connectivity index (χ0n) is 16.1. The van der Waals surface area contributed by atoms with Gasteiger partial charge >= 0.3 is 10.7 Å². The number of amides is 1. The van der Waals surface area contributed by atoms with E-state index in [0.717, 1.165) is 28.6 Å². The summed E-state index contributed by atoms with van der Waals surface area (Å²) < 4.78 is 11.6. The Kier molecular flexibility index (Phi) is 5.89. The average Bonchev–Trinajstić information content (AvgIpc) is 3.01. The van der Waals surface area contributed by atoms with Gasteiger partial charge in [-0.15, -0.1) is 0 Å². The summed E-state index contributed by atoms with van der Waals surface area (Å²) in [6, 6.07) is 13.0. The minimum atomic E-state index is -0.535. The lowest BCUT2D eigenvalue weighted by Gasteiger charge is -2.11. The van der Waals surface area contributed by atoms with Gasteiger partial charge in [-0.25, -0.2) is 4.79 Å². The summed E-state index contributed by atoms with van der Waals surface area (Å²) >= 11 is 1.13. The predicted molar refractivity (Wildman–Crippen MR) is 107 cm³/mol. The lowest BCUT2D eigenvalue weighted by molar-refractivity contribution is -0.704. The molecule has 0 aliphatic carbocycles. The molecule has 0 radical (unpaired) electrons. The maximum absolute atomic E-state index is 12.6. The summed E-state index contributed by atoms with van der Waals surface area (Å²) in [5, 5.41) is 5.25. The van der Waals surface area contributed by atoms with Crippen molar-refractivity contribution < 1.29 is 18.7 Å². The van der Waals surface area contributed by atoms with Crippen LogP contribution in [0.3, 0.4) is 0 Å². The van der Waals surface area contributed by atoms with E-state index in [0.29, 0.717) is 11.4 Å². The summed E-state index contributed by atoms with van der Waals surface area (Å²) in [5.74, 6) is 0.502. The Morgan fingerprint density at radius 2 is 1.82 bits per heavy atom. The fourth-order valence-corrected chi connectivity index (χ4v) is 3.66. The largest absolute Gasteiger partial charge is 0.497 e. The Morgan fingerprint density at radius 3 is 2.43 bits per heavy atom. The number of hydrogen-bond donors (Lipinski definition) is 2. The minimum absolute atomic E-state index is 0.197. The van der Waals surface area contributed by atoms with Crippen LogP contribution in [0.25, 0.3) is 5.69 Å². The van der Waals surface area contributed by atoms with Crippen LogP contribution in [0, 0.1) is 13.8 Å². The van der Waals surface area contributed by atoms with Gasteiger partial charge in [0, 0.05) is 17.8 Å². The molecule has 0 aliphatic rings. The fraction of sp³-hybridized carbons (Fsp3) is 0.250. The van der Waals surface area contributed by atoms with Crippen LogP contribution in [0.1, 0.15) is 18.1 Å². The molecule has 1 atom stereocenters. The van der Waals surface area contributed by atoms with Crippen molar-refractivity contribution >= 4 is 23.4 Å². The van der Waals surface area contributed by atoms with E-state index in [1.807, 2.05) is 32.0 Å². The Morgan fingerprint density at radius 1 is 1.18 bits per heavy atom. The molecule has 1 heterocycles. The van der Waals surface area contributed by atoms with Crippen LogP contribution in [0.2, 0.25) is 0 Å². The number of methoxy groups -OCH3 is 1. The zero-order valence-corrected chi connectivity index (χ0v) is 16.9. The second kappa shape index (κ2) is 8.35. The summed E-state index contributed by atoms with van der Waals surface area (Å²) in [7, 11) is 1.58. The van der Waals surface area contributed by atoms with E-state index >= 15 is 0 Å². The van der Waals surface area contributed by atoms with Crippen molar-refractivity contribution in [3.05, 3.63) is 64.0 Å². The van der Waals surface area contributed by atoms with Crippen LogP contribution in [0.15, 0.2) is 56.8 Å². The number of carbonyl (C=O) groups excluding carboxylic acids is 1. The topological polar surface area (TPSA) is 88.2 Å². The second-order valence-corrected chi connectivity index (χ2v) is 7.77. The summed E-state index contributed by atoms with van der Waals surface area (Å²) in [5.41, 5.74) is 3.03. The van der Waals surface area contributed by atoms with Gasteiger partial charge in [-0.3, -0.25) is 9.32 Å². The second-order valence-electron chi connectivity index (χ2n) is 6.45. The third kappa shape index (κ3) is 4.45. The quantitative estimate of drug-likeness (QED) is 0.491. The molecule has 1 amide bonds. The van der Waals surface area contributed by atoms with E-state index in [4.69, 9.17) is 9.26 Å². The van der Waals surface area contributed by atoms with Crippen molar-refractivity contribution in [1.82, 2.24) is 5.27 Å². The molecule has 146 valence electrons. The van der Waals surface area contributed by atoms with Gasteiger partial charge in [0.05, 0.1) is 12.4 Å². The monoisotopic (exact) mass is 400 g/mol. The van der Waals surface area contributed by atoms with Gasteiger partial charge in [0.15, 0.2) is 0 Å². The summed E-state index contributed by atoms with van der Waals surface area (Å²) in [6.07, 6.45) is 0. The normalized spacial score (nSPS) is 11.9. The molecule has 0 aliphatic heterocycles. The first kappa shape index (κ1) is 19.8. The molecule has 0 saturated heterocycles. The van der Waals surface area contributed by atoms with Crippen LogP contribution < -0.4 is 20.4 Å². The van der Waals surface area contributed by atoms with Crippen LogP contribution >= 0.6 is 11.8 Å². The van der Waals surface area contributed by atoms with Gasteiger partial charge in [-0.1, -0.05) is 6.07 Å². The first-order valence-electron chi connectivity index (χ1n) is 8.71. The van der Waals surface area contributed by atoms with E-state index in [-0.39, 0.29) is 10.9 Å². The summed E-state index contributed by atoms with van der Waals surface area (Å²) in [6.45, 7) is 5.70. The molecule has 2 aromatic carbocycles. The Balaban J connectivity index is 1.78. The molecule has 0 fully saturated rings. The van der Waals surface area contributed by atoms with Crippen molar-refractivity contribution in [2.75, 3.05) is 12.4 Å². The number of nitrogens with one attached hydrogen (secondary N) is 2. The third-order valence-corrected chi connectivity index (χ3v) is 5.22. The zero-order chi connectivity index (χ0) is 20.3. The van der Waals surface area contributed by atoms with E-state index in [9.17, 15) is 9.59 Å². The minimum Gasteiger partial charge on any atom is -0.497 e. The highest BCUT2D eigenvalue weighted by molar-refractivity contribution is 8.00. The Labute approximate surface area is 166 Å². The van der Waals surface area contributed by atoms with E-state index < -0.39 is 10.9 Å². The van der Waals surface area contributed by atoms with E-state index in [1.54, 1.807) is 38.3 Å². The molecule has 1 unspecified atom stereocenters. The fourth-order valence-electron chi connectivity index (χ4n) is 2.78. The van der Waals surface area contributed by atoms with Crippen molar-refractivity contribution in [2.45, 2.75) is 31.0 Å². The van der Waals surface area contributed by atoms with Gasteiger partial charge in [-0.05, 0) is 77.9 Å². The first-order chi connectivity index (χ1) is 13.4. The number of rotatable bonds is 6. The highest BCUT2D eigenvalue weighted by atomic mass is 32.2. The molecule has 0 saturated carbocycles.